The normalized spacial score (nSPS) is 11.6. The number of halogens is 1. The van der Waals surface area contributed by atoms with Gasteiger partial charge in [0.05, 0.1) is 6.42 Å². The second kappa shape index (κ2) is 10.5. The maximum Gasteiger partial charge on any atom is 0.329 e. The lowest BCUT2D eigenvalue weighted by molar-refractivity contribution is -0.151. The fourth-order valence-corrected chi connectivity index (χ4v) is 2.59. The molecule has 0 unspecified atom stereocenters. The van der Waals surface area contributed by atoms with Gasteiger partial charge in [-0.05, 0) is 35.7 Å². The van der Waals surface area contributed by atoms with Gasteiger partial charge in [0, 0.05) is 10.7 Å². The molecule has 0 bridgehead atoms. The van der Waals surface area contributed by atoms with Crippen molar-refractivity contribution in [3.05, 3.63) is 65.2 Å². The van der Waals surface area contributed by atoms with Gasteiger partial charge < -0.3 is 15.4 Å². The van der Waals surface area contributed by atoms with E-state index in [2.05, 4.69) is 10.6 Å². The van der Waals surface area contributed by atoms with E-state index < -0.39 is 24.5 Å². The van der Waals surface area contributed by atoms with Crippen LogP contribution in [0.25, 0.3) is 0 Å². The van der Waals surface area contributed by atoms with Crippen molar-refractivity contribution in [1.29, 1.82) is 0 Å². The lowest BCUT2D eigenvalue weighted by Gasteiger charge is -2.20. The minimum atomic E-state index is -0.834. The van der Waals surface area contributed by atoms with Gasteiger partial charge in [0.15, 0.2) is 6.61 Å². The molecule has 0 heterocycles. The van der Waals surface area contributed by atoms with Gasteiger partial charge in [0.1, 0.15) is 6.04 Å². The molecule has 0 aliphatic rings. The summed E-state index contributed by atoms with van der Waals surface area (Å²) < 4.78 is 5.08. The monoisotopic (exact) mass is 402 g/mol. The molecule has 2 aromatic rings. The molecule has 0 saturated heterocycles. The predicted octanol–water partition coefficient (Wildman–Crippen LogP) is 3.21. The van der Waals surface area contributed by atoms with Crippen molar-refractivity contribution in [3.8, 4) is 0 Å². The first-order valence-corrected chi connectivity index (χ1v) is 9.28. The highest BCUT2D eigenvalue weighted by Gasteiger charge is 2.26. The van der Waals surface area contributed by atoms with Gasteiger partial charge >= 0.3 is 5.97 Å². The van der Waals surface area contributed by atoms with Crippen molar-refractivity contribution in [2.24, 2.45) is 5.92 Å². The number of rotatable bonds is 8. The lowest BCUT2D eigenvalue weighted by atomic mass is 10.0. The number of nitrogens with one attached hydrogen (secondary N) is 2. The van der Waals surface area contributed by atoms with Crippen LogP contribution in [0.2, 0.25) is 5.02 Å². The van der Waals surface area contributed by atoms with E-state index in [1.165, 1.54) is 0 Å². The molecule has 1 atom stereocenters. The summed E-state index contributed by atoms with van der Waals surface area (Å²) in [6, 6.07) is 15.0. The van der Waals surface area contributed by atoms with Gasteiger partial charge in [-0.2, -0.15) is 0 Å². The quantitative estimate of drug-likeness (QED) is 0.664. The van der Waals surface area contributed by atoms with E-state index >= 15 is 0 Å². The van der Waals surface area contributed by atoms with Crippen LogP contribution in [0.4, 0.5) is 5.69 Å². The predicted molar refractivity (Wildman–Crippen MR) is 108 cm³/mol. The molecule has 0 aliphatic carbocycles. The summed E-state index contributed by atoms with van der Waals surface area (Å²) in [4.78, 5) is 36.5. The molecular formula is C21H23ClN2O4. The number of ether oxygens (including phenoxy) is 1. The largest absolute Gasteiger partial charge is 0.454 e. The molecular weight excluding hydrogens is 380 g/mol. The fourth-order valence-electron chi connectivity index (χ4n) is 2.46. The Bertz CT molecular complexity index is 807. The molecule has 2 amide bonds. The maximum absolute atomic E-state index is 12.3. The number of benzene rings is 2. The van der Waals surface area contributed by atoms with Crippen molar-refractivity contribution >= 4 is 35.1 Å². The second-order valence-corrected chi connectivity index (χ2v) is 7.05. The zero-order chi connectivity index (χ0) is 20.5. The summed E-state index contributed by atoms with van der Waals surface area (Å²) in [5.41, 5.74) is 1.39. The van der Waals surface area contributed by atoms with Crippen LogP contribution in [0.3, 0.4) is 0 Å². The fraction of sp³-hybridized carbons (Fsp3) is 0.286. The number of amides is 2. The molecule has 0 aliphatic heterocycles. The van der Waals surface area contributed by atoms with Crippen molar-refractivity contribution in [2.45, 2.75) is 26.3 Å². The van der Waals surface area contributed by atoms with Crippen LogP contribution in [-0.4, -0.2) is 30.4 Å². The first kappa shape index (κ1) is 21.4. The van der Waals surface area contributed by atoms with Gasteiger partial charge in [0.25, 0.3) is 5.91 Å². The summed E-state index contributed by atoms with van der Waals surface area (Å²) in [7, 11) is 0. The molecule has 148 valence electrons. The summed E-state index contributed by atoms with van der Waals surface area (Å²) in [6.07, 6.45) is 0.161. The van der Waals surface area contributed by atoms with Gasteiger partial charge in [-0.1, -0.05) is 55.8 Å². The highest BCUT2D eigenvalue weighted by Crippen LogP contribution is 2.13. The first-order chi connectivity index (χ1) is 13.3. The Hall–Kier alpha value is -2.86. The van der Waals surface area contributed by atoms with E-state index in [4.69, 9.17) is 16.3 Å². The summed E-state index contributed by atoms with van der Waals surface area (Å²) >= 11 is 5.79. The molecule has 2 aromatic carbocycles. The molecule has 28 heavy (non-hydrogen) atoms. The highest BCUT2D eigenvalue weighted by molar-refractivity contribution is 6.30. The average Bonchev–Trinajstić information content (AvgIpc) is 2.66. The number of carbonyl (C=O) groups is 3. The van der Waals surface area contributed by atoms with Gasteiger partial charge in [0.2, 0.25) is 5.91 Å². The smallest absolute Gasteiger partial charge is 0.329 e. The molecule has 7 heteroatoms. The minimum absolute atomic E-state index is 0.161. The van der Waals surface area contributed by atoms with Gasteiger partial charge in [-0.25, -0.2) is 4.79 Å². The average molecular weight is 403 g/mol. The third kappa shape index (κ3) is 7.04. The van der Waals surface area contributed by atoms with E-state index in [9.17, 15) is 14.4 Å². The molecule has 2 N–H and O–H groups in total. The van der Waals surface area contributed by atoms with Crippen molar-refractivity contribution < 1.29 is 19.1 Å². The zero-order valence-corrected chi connectivity index (χ0v) is 16.5. The van der Waals surface area contributed by atoms with E-state index in [0.29, 0.717) is 10.7 Å². The van der Waals surface area contributed by atoms with Crippen LogP contribution in [0.1, 0.15) is 19.4 Å². The Balaban J connectivity index is 1.85. The van der Waals surface area contributed by atoms with Crippen LogP contribution >= 0.6 is 11.6 Å². The Kier molecular flexibility index (Phi) is 8.02. The molecule has 2 rings (SSSR count). The van der Waals surface area contributed by atoms with Crippen molar-refractivity contribution in [3.63, 3.8) is 0 Å². The van der Waals surface area contributed by atoms with Crippen LogP contribution in [0, 0.1) is 5.92 Å². The number of carbonyl (C=O) groups excluding carboxylic acids is 3. The number of hydrogen-bond acceptors (Lipinski definition) is 4. The zero-order valence-electron chi connectivity index (χ0n) is 15.8. The molecule has 6 nitrogen and oxygen atoms in total. The number of esters is 1. The molecule has 0 spiro atoms. The maximum atomic E-state index is 12.3. The van der Waals surface area contributed by atoms with Gasteiger partial charge in [-0.15, -0.1) is 0 Å². The Morgan fingerprint density at radius 3 is 2.21 bits per heavy atom. The van der Waals surface area contributed by atoms with Crippen LogP contribution < -0.4 is 10.6 Å². The summed E-state index contributed by atoms with van der Waals surface area (Å²) in [6.45, 7) is 3.14. The van der Waals surface area contributed by atoms with Crippen molar-refractivity contribution in [2.75, 3.05) is 11.9 Å². The first-order valence-electron chi connectivity index (χ1n) is 8.90. The van der Waals surface area contributed by atoms with Crippen LogP contribution in [-0.2, 0) is 25.5 Å². The number of anilines is 1. The molecule has 0 fully saturated rings. The molecule has 0 saturated carbocycles. The van der Waals surface area contributed by atoms with E-state index in [0.717, 1.165) is 5.56 Å². The molecule has 0 aromatic heterocycles. The van der Waals surface area contributed by atoms with Crippen LogP contribution in [0.5, 0.6) is 0 Å². The van der Waals surface area contributed by atoms with Crippen LogP contribution in [0.15, 0.2) is 54.6 Å². The minimum Gasteiger partial charge on any atom is -0.454 e. The Morgan fingerprint density at radius 2 is 1.61 bits per heavy atom. The lowest BCUT2D eigenvalue weighted by Crippen LogP contribution is -2.46. The highest BCUT2D eigenvalue weighted by atomic mass is 35.5. The molecule has 0 radical (unpaired) electrons. The van der Waals surface area contributed by atoms with Crippen molar-refractivity contribution in [1.82, 2.24) is 5.32 Å². The van der Waals surface area contributed by atoms with Gasteiger partial charge in [-0.3, -0.25) is 9.59 Å². The second-order valence-electron chi connectivity index (χ2n) is 6.61. The summed E-state index contributed by atoms with van der Waals surface area (Å²) in [5.74, 6) is -1.60. The Morgan fingerprint density at radius 1 is 0.964 bits per heavy atom. The third-order valence-corrected chi connectivity index (χ3v) is 4.17. The standard InChI is InChI=1S/C21H23ClN2O4/c1-14(2)20(24-18(25)12-15-6-4-3-5-7-15)21(27)28-13-19(26)23-17-10-8-16(22)9-11-17/h3-11,14,20H,12-13H2,1-2H3,(H,23,26)(H,24,25)/t20-/m0/s1. The van der Waals surface area contributed by atoms with E-state index in [1.54, 1.807) is 38.1 Å². The summed E-state index contributed by atoms with van der Waals surface area (Å²) in [5, 5.41) is 5.84. The van der Waals surface area contributed by atoms with E-state index in [1.807, 2.05) is 30.3 Å². The topological polar surface area (TPSA) is 84.5 Å². The third-order valence-electron chi connectivity index (χ3n) is 3.92. The number of hydrogen-bond donors (Lipinski definition) is 2. The Labute approximate surface area is 169 Å². The SMILES string of the molecule is CC(C)[C@H](NC(=O)Cc1ccccc1)C(=O)OCC(=O)Nc1ccc(Cl)cc1. The van der Waals surface area contributed by atoms with E-state index in [-0.39, 0.29) is 18.2 Å².